The van der Waals surface area contributed by atoms with Gasteiger partial charge in [-0.1, -0.05) is 5.16 Å². The first-order valence-corrected chi connectivity index (χ1v) is 4.35. The number of nitrogens with one attached hydrogen (secondary N) is 1. The molecule has 0 amide bonds. The second kappa shape index (κ2) is 4.37. The number of nitrogens with zero attached hydrogens (tertiary/aromatic N) is 1. The van der Waals surface area contributed by atoms with Crippen LogP contribution in [0.3, 0.4) is 0 Å². The van der Waals surface area contributed by atoms with E-state index in [2.05, 4.69) is 10.5 Å². The van der Waals surface area contributed by atoms with Gasteiger partial charge in [-0.2, -0.15) is 0 Å². The van der Waals surface area contributed by atoms with Crippen molar-refractivity contribution in [1.29, 1.82) is 0 Å². The number of hydrogen-bond donors (Lipinski definition) is 1. The molecule has 0 saturated heterocycles. The highest BCUT2D eigenvalue weighted by Gasteiger charge is 2.14. The highest BCUT2D eigenvalue weighted by Crippen LogP contribution is 2.15. The van der Waals surface area contributed by atoms with Gasteiger partial charge in [-0.3, -0.25) is 0 Å². The Hall–Kier alpha value is -0.900. The summed E-state index contributed by atoms with van der Waals surface area (Å²) in [5.74, 6) is 0.719. The Labute approximate surface area is 77.3 Å². The van der Waals surface area contributed by atoms with Crippen LogP contribution in [0.4, 0.5) is 4.39 Å². The van der Waals surface area contributed by atoms with Crippen LogP contribution in [-0.2, 0) is 6.42 Å². The highest BCUT2D eigenvalue weighted by molar-refractivity contribution is 5.21. The van der Waals surface area contributed by atoms with Gasteiger partial charge in [0.15, 0.2) is 0 Å². The summed E-state index contributed by atoms with van der Waals surface area (Å²) in [6, 6.07) is 0. The van der Waals surface area contributed by atoms with Crippen LogP contribution in [0.15, 0.2) is 4.52 Å². The fourth-order valence-electron chi connectivity index (χ4n) is 1.31. The molecule has 74 valence electrons. The Morgan fingerprint density at radius 3 is 2.69 bits per heavy atom. The third kappa shape index (κ3) is 2.52. The van der Waals surface area contributed by atoms with E-state index in [0.29, 0.717) is 13.0 Å². The standard InChI is InChI=1S/C9H15FN2O/c1-6-9(7(2)13-12-6)4-8(10)5-11-3/h8,11H,4-5H2,1-3H3/t8-/m0/s1. The SMILES string of the molecule is CNC[C@@H](F)Cc1c(C)noc1C. The van der Waals surface area contributed by atoms with Crippen molar-refractivity contribution in [2.45, 2.75) is 26.4 Å². The fourth-order valence-corrected chi connectivity index (χ4v) is 1.31. The van der Waals surface area contributed by atoms with Crippen LogP contribution in [0.2, 0.25) is 0 Å². The van der Waals surface area contributed by atoms with Crippen molar-refractivity contribution < 1.29 is 8.91 Å². The molecule has 0 saturated carbocycles. The number of aryl methyl sites for hydroxylation is 2. The lowest BCUT2D eigenvalue weighted by Gasteiger charge is -2.06. The zero-order valence-electron chi connectivity index (χ0n) is 8.22. The second-order valence-electron chi connectivity index (χ2n) is 3.16. The Balaban J connectivity index is 2.62. The summed E-state index contributed by atoms with van der Waals surface area (Å²) in [5, 5.41) is 6.56. The Morgan fingerprint density at radius 2 is 2.23 bits per heavy atom. The number of aromatic nitrogens is 1. The number of hydrogen-bond acceptors (Lipinski definition) is 3. The van der Waals surface area contributed by atoms with E-state index in [1.54, 1.807) is 14.0 Å². The monoisotopic (exact) mass is 186 g/mol. The average molecular weight is 186 g/mol. The summed E-state index contributed by atoms with van der Waals surface area (Å²) >= 11 is 0. The molecule has 13 heavy (non-hydrogen) atoms. The zero-order valence-corrected chi connectivity index (χ0v) is 8.22. The normalized spacial score (nSPS) is 13.2. The minimum atomic E-state index is -0.873. The molecule has 0 aromatic carbocycles. The average Bonchev–Trinajstić information content (AvgIpc) is 2.36. The molecular weight excluding hydrogens is 171 g/mol. The summed E-state index contributed by atoms with van der Waals surface area (Å²) < 4.78 is 18.1. The molecular formula is C9H15FN2O. The van der Waals surface area contributed by atoms with Crippen LogP contribution in [0.5, 0.6) is 0 Å². The molecule has 0 aliphatic carbocycles. The molecule has 1 N–H and O–H groups in total. The van der Waals surface area contributed by atoms with E-state index in [9.17, 15) is 4.39 Å². The zero-order chi connectivity index (χ0) is 9.84. The summed E-state index contributed by atoms with van der Waals surface area (Å²) in [4.78, 5) is 0. The van der Waals surface area contributed by atoms with E-state index >= 15 is 0 Å². The van der Waals surface area contributed by atoms with Crippen LogP contribution < -0.4 is 5.32 Å². The Kier molecular flexibility index (Phi) is 3.42. The molecule has 0 unspecified atom stereocenters. The molecule has 1 atom stereocenters. The molecule has 0 spiro atoms. The van der Waals surface area contributed by atoms with Gasteiger partial charge in [-0.05, 0) is 20.9 Å². The van der Waals surface area contributed by atoms with Gasteiger partial charge < -0.3 is 9.84 Å². The molecule has 3 nitrogen and oxygen atoms in total. The van der Waals surface area contributed by atoms with E-state index < -0.39 is 6.17 Å². The van der Waals surface area contributed by atoms with E-state index in [4.69, 9.17) is 4.52 Å². The molecule has 4 heteroatoms. The Morgan fingerprint density at radius 1 is 1.54 bits per heavy atom. The van der Waals surface area contributed by atoms with Crippen molar-refractivity contribution in [2.75, 3.05) is 13.6 Å². The van der Waals surface area contributed by atoms with Gasteiger partial charge in [-0.25, -0.2) is 4.39 Å². The number of halogens is 1. The largest absolute Gasteiger partial charge is 0.361 e. The maximum atomic E-state index is 13.2. The van der Waals surface area contributed by atoms with Gasteiger partial charge in [-0.15, -0.1) is 0 Å². The maximum Gasteiger partial charge on any atom is 0.137 e. The van der Waals surface area contributed by atoms with Crippen molar-refractivity contribution in [1.82, 2.24) is 10.5 Å². The third-order valence-electron chi connectivity index (χ3n) is 2.03. The molecule has 1 aromatic rings. The van der Waals surface area contributed by atoms with E-state index in [-0.39, 0.29) is 0 Å². The predicted octanol–water partition coefficient (Wildman–Crippen LogP) is 1.39. The van der Waals surface area contributed by atoms with Gasteiger partial charge in [0, 0.05) is 18.5 Å². The van der Waals surface area contributed by atoms with Crippen molar-refractivity contribution >= 4 is 0 Å². The predicted molar refractivity (Wildman–Crippen MR) is 48.5 cm³/mol. The van der Waals surface area contributed by atoms with Crippen molar-refractivity contribution in [3.63, 3.8) is 0 Å². The van der Waals surface area contributed by atoms with Crippen LogP contribution in [0, 0.1) is 13.8 Å². The van der Waals surface area contributed by atoms with Gasteiger partial charge in [0.2, 0.25) is 0 Å². The van der Waals surface area contributed by atoms with Crippen molar-refractivity contribution in [3.8, 4) is 0 Å². The number of rotatable bonds is 4. The second-order valence-corrected chi connectivity index (χ2v) is 3.16. The highest BCUT2D eigenvalue weighted by atomic mass is 19.1. The van der Waals surface area contributed by atoms with Crippen LogP contribution in [-0.4, -0.2) is 24.9 Å². The first kappa shape index (κ1) is 10.2. The third-order valence-corrected chi connectivity index (χ3v) is 2.03. The van der Waals surface area contributed by atoms with Crippen LogP contribution in [0.25, 0.3) is 0 Å². The lowest BCUT2D eigenvalue weighted by atomic mass is 10.1. The first-order valence-electron chi connectivity index (χ1n) is 4.35. The van der Waals surface area contributed by atoms with Crippen LogP contribution >= 0.6 is 0 Å². The lowest BCUT2D eigenvalue weighted by Crippen LogP contribution is -2.22. The minimum absolute atomic E-state index is 0.365. The quantitative estimate of drug-likeness (QED) is 0.772. The van der Waals surface area contributed by atoms with Gasteiger partial charge in [0.1, 0.15) is 11.9 Å². The smallest absolute Gasteiger partial charge is 0.137 e. The van der Waals surface area contributed by atoms with Gasteiger partial charge in [0.05, 0.1) is 5.69 Å². The van der Waals surface area contributed by atoms with Crippen LogP contribution in [0.1, 0.15) is 17.0 Å². The lowest BCUT2D eigenvalue weighted by molar-refractivity contribution is 0.322. The van der Waals surface area contributed by atoms with E-state index in [1.165, 1.54) is 0 Å². The molecule has 0 bridgehead atoms. The van der Waals surface area contributed by atoms with E-state index in [0.717, 1.165) is 17.0 Å². The minimum Gasteiger partial charge on any atom is -0.361 e. The Bertz CT molecular complexity index is 253. The molecule has 0 fully saturated rings. The topological polar surface area (TPSA) is 38.1 Å². The summed E-state index contributed by atoms with van der Waals surface area (Å²) in [6.07, 6.45) is -0.496. The molecule has 0 radical (unpaired) electrons. The van der Waals surface area contributed by atoms with Gasteiger partial charge in [0.25, 0.3) is 0 Å². The summed E-state index contributed by atoms with van der Waals surface area (Å²) in [7, 11) is 1.74. The number of alkyl halides is 1. The summed E-state index contributed by atoms with van der Waals surface area (Å²) in [6.45, 7) is 4.00. The first-order chi connectivity index (χ1) is 6.15. The molecule has 0 aliphatic heterocycles. The van der Waals surface area contributed by atoms with Gasteiger partial charge >= 0.3 is 0 Å². The molecule has 1 rings (SSSR count). The fraction of sp³-hybridized carbons (Fsp3) is 0.667. The molecule has 1 aromatic heterocycles. The van der Waals surface area contributed by atoms with Crippen molar-refractivity contribution in [2.24, 2.45) is 0 Å². The summed E-state index contributed by atoms with van der Waals surface area (Å²) in [5.41, 5.74) is 1.68. The maximum absolute atomic E-state index is 13.2. The van der Waals surface area contributed by atoms with E-state index in [1.807, 2.05) is 6.92 Å². The molecule has 0 aliphatic rings. The van der Waals surface area contributed by atoms with Crippen molar-refractivity contribution in [3.05, 3.63) is 17.0 Å². The molecule has 1 heterocycles.